The second-order valence-electron chi connectivity index (χ2n) is 23.9. The van der Waals surface area contributed by atoms with Crippen molar-refractivity contribution in [2.24, 2.45) is 10.8 Å². The average molecular weight is 1190 g/mol. The van der Waals surface area contributed by atoms with Crippen molar-refractivity contribution >= 4 is 52.2 Å². The summed E-state index contributed by atoms with van der Waals surface area (Å²) in [5.41, 5.74) is -0.404. The fourth-order valence-corrected chi connectivity index (χ4v) is 12.6. The summed E-state index contributed by atoms with van der Waals surface area (Å²) >= 11 is 18.5. The fraction of sp³-hybridized carbons (Fsp3) is 0.388. The Morgan fingerprint density at radius 3 is 1.41 bits per heavy atom. The first-order valence-electron chi connectivity index (χ1n) is 26.9. The van der Waals surface area contributed by atoms with Gasteiger partial charge in [0.2, 0.25) is 0 Å². The molecule has 438 valence electrons. The van der Waals surface area contributed by atoms with Crippen LogP contribution >= 0.6 is 34.8 Å². The van der Waals surface area contributed by atoms with Crippen LogP contribution in [0.3, 0.4) is 0 Å². The van der Waals surface area contributed by atoms with Crippen molar-refractivity contribution in [1.82, 2.24) is 10.6 Å². The van der Waals surface area contributed by atoms with Gasteiger partial charge in [-0.1, -0.05) is 151 Å². The van der Waals surface area contributed by atoms with Crippen molar-refractivity contribution in [2.75, 3.05) is 14.2 Å². The van der Waals surface area contributed by atoms with Gasteiger partial charge in [0.1, 0.15) is 45.6 Å². The van der Waals surface area contributed by atoms with E-state index >= 15 is 17.6 Å². The van der Waals surface area contributed by atoms with Crippen LogP contribution in [-0.2, 0) is 33.3 Å². The van der Waals surface area contributed by atoms with Crippen molar-refractivity contribution in [3.05, 3.63) is 198 Å². The molecule has 2 heterocycles. The molecular formula is C67H71Cl3F4N4O5. The van der Waals surface area contributed by atoms with Crippen LogP contribution in [0.1, 0.15) is 135 Å². The molecule has 83 heavy (non-hydrogen) atoms. The highest BCUT2D eigenvalue weighted by atomic mass is 35.5. The van der Waals surface area contributed by atoms with Gasteiger partial charge in [-0.2, -0.15) is 10.5 Å². The molecule has 0 spiro atoms. The predicted molar refractivity (Wildman–Crippen MR) is 320 cm³/mol. The molecule has 2 fully saturated rings. The molecule has 6 aromatic carbocycles. The van der Waals surface area contributed by atoms with Crippen LogP contribution in [0, 0.1) is 70.6 Å². The van der Waals surface area contributed by atoms with Crippen LogP contribution in [0.2, 0.25) is 15.1 Å². The minimum Gasteiger partial charge on any atom is -0.496 e. The molecule has 2 aliphatic rings. The lowest BCUT2D eigenvalue weighted by Crippen LogP contribution is -2.44. The van der Waals surface area contributed by atoms with Gasteiger partial charge in [0.05, 0.1) is 48.5 Å². The quantitative estimate of drug-likeness (QED) is 0.0759. The number of hydrogen-bond acceptors (Lipinski definition) is 9. The molecule has 0 radical (unpaired) electrons. The third-order valence-electron chi connectivity index (χ3n) is 15.7. The molecule has 8 atom stereocenters. The maximum absolute atomic E-state index is 15.8. The van der Waals surface area contributed by atoms with E-state index in [1.165, 1.54) is 56.5 Å². The number of halogens is 7. The summed E-state index contributed by atoms with van der Waals surface area (Å²) in [5.74, 6) is -4.86. The van der Waals surface area contributed by atoms with Crippen molar-refractivity contribution in [3.8, 4) is 23.6 Å². The first kappa shape index (κ1) is 65.6. The Balaban J connectivity index is 0.000000264. The fourth-order valence-electron chi connectivity index (χ4n) is 12.1. The molecule has 2 saturated heterocycles. The Morgan fingerprint density at radius 1 is 0.590 bits per heavy atom. The van der Waals surface area contributed by atoms with Crippen LogP contribution in [0.25, 0.3) is 0 Å². The van der Waals surface area contributed by atoms with Gasteiger partial charge in [-0.25, -0.2) is 17.6 Å². The number of benzene rings is 6. The van der Waals surface area contributed by atoms with Gasteiger partial charge in [-0.05, 0) is 109 Å². The van der Waals surface area contributed by atoms with Gasteiger partial charge < -0.3 is 20.1 Å². The predicted octanol–water partition coefficient (Wildman–Crippen LogP) is 15.6. The lowest BCUT2D eigenvalue weighted by Gasteiger charge is -2.37. The van der Waals surface area contributed by atoms with Gasteiger partial charge in [0.15, 0.2) is 17.3 Å². The van der Waals surface area contributed by atoms with Gasteiger partial charge >= 0.3 is 0 Å². The Kier molecular flexibility index (Phi) is 20.6. The van der Waals surface area contributed by atoms with Crippen LogP contribution in [0.15, 0.2) is 109 Å². The molecule has 2 N–H and O–H groups in total. The highest BCUT2D eigenvalue weighted by Gasteiger charge is 2.62. The lowest BCUT2D eigenvalue weighted by atomic mass is 9.62. The minimum absolute atomic E-state index is 0. The van der Waals surface area contributed by atoms with E-state index in [4.69, 9.17) is 44.3 Å². The van der Waals surface area contributed by atoms with E-state index in [-0.39, 0.29) is 85.8 Å². The molecule has 0 unspecified atom stereocenters. The van der Waals surface area contributed by atoms with E-state index in [2.05, 4.69) is 22.8 Å². The van der Waals surface area contributed by atoms with Crippen molar-refractivity contribution in [1.29, 1.82) is 10.5 Å². The number of carbonyl (C=O) groups is 3. The zero-order chi connectivity index (χ0) is 60.4. The largest absolute Gasteiger partial charge is 0.496 e. The number of methoxy groups -OCH3 is 2. The smallest absolute Gasteiger partial charge is 0.159 e. The average Bonchev–Trinajstić information content (AvgIpc) is 1.74. The van der Waals surface area contributed by atoms with Gasteiger partial charge in [0, 0.05) is 69.6 Å². The monoisotopic (exact) mass is 1190 g/mol. The molecule has 8 rings (SSSR count). The highest BCUT2D eigenvalue weighted by Crippen LogP contribution is 2.55. The summed E-state index contributed by atoms with van der Waals surface area (Å²) in [4.78, 5) is 40.3. The van der Waals surface area contributed by atoms with E-state index in [1.54, 1.807) is 56.5 Å². The topological polar surface area (TPSA) is 141 Å². The van der Waals surface area contributed by atoms with Gasteiger partial charge in [-0.15, -0.1) is 0 Å². The molecule has 0 aromatic heterocycles. The van der Waals surface area contributed by atoms with E-state index in [9.17, 15) is 24.9 Å². The molecule has 16 heteroatoms. The van der Waals surface area contributed by atoms with Crippen molar-refractivity contribution < 1.29 is 41.4 Å². The van der Waals surface area contributed by atoms with Crippen LogP contribution < -0.4 is 20.1 Å². The summed E-state index contributed by atoms with van der Waals surface area (Å²) in [6.45, 7) is 17.1. The molecule has 9 nitrogen and oxygen atoms in total. The number of carbonyl (C=O) groups excluding carboxylic acids is 3. The highest BCUT2D eigenvalue weighted by molar-refractivity contribution is 6.31. The van der Waals surface area contributed by atoms with Crippen LogP contribution in [0.5, 0.6) is 11.5 Å². The second-order valence-corrected chi connectivity index (χ2v) is 25.2. The zero-order valence-corrected chi connectivity index (χ0v) is 50.0. The Bertz CT molecular complexity index is 3510. The summed E-state index contributed by atoms with van der Waals surface area (Å²) in [7, 11) is 2.98. The van der Waals surface area contributed by atoms with Crippen LogP contribution in [-0.4, -0.2) is 55.7 Å². The summed E-state index contributed by atoms with van der Waals surface area (Å²) < 4.78 is 74.2. The number of hydrogen-bond donors (Lipinski definition) is 2. The SMILES string of the molecule is C.COc1cc(C(C)=O)ccc1CC(=O)[C@@H]1N[C@@H](CC(C)(C)C)[C@](C#N)(c2ccc(Cl)cc2F)[C@H]1c1cccc(Cl)c1F.COc1cc(C)ccc1CC(=O)[C@@H]1N[C@@H](CC(C)(C)C)[C@](C#N)(c2ccc(C)cc2F)[C@H]1c1cccc(Cl)c1F. The van der Waals surface area contributed by atoms with Gasteiger partial charge in [0.25, 0.3) is 0 Å². The third kappa shape index (κ3) is 13.5. The number of nitrogens with one attached hydrogen (secondary N) is 2. The van der Waals surface area contributed by atoms with Gasteiger partial charge in [-0.3, -0.25) is 14.4 Å². The maximum atomic E-state index is 15.8. The summed E-state index contributed by atoms with van der Waals surface area (Å²) in [5, 5.41) is 28.5. The van der Waals surface area contributed by atoms with Crippen molar-refractivity contribution in [3.63, 3.8) is 0 Å². The van der Waals surface area contributed by atoms with E-state index in [1.807, 2.05) is 66.7 Å². The Morgan fingerprint density at radius 2 is 1.00 bits per heavy atom. The number of ketones is 3. The number of aryl methyl sites for hydroxylation is 2. The molecule has 2 aliphatic heterocycles. The minimum atomic E-state index is -1.71. The van der Waals surface area contributed by atoms with Crippen molar-refractivity contribution in [2.45, 2.75) is 142 Å². The number of nitrogens with zero attached hydrogens (tertiary/aromatic N) is 2. The standard InChI is InChI=1S/C33H32Cl2F2N2O3.C33H35ClF2N2O2.CH4/c1-18(40)19-9-10-20(27(14-19)42-5)13-26(41)31-29(22-7-6-8-24(35)30(22)37)33(17-38,28(39-31)16-32(2,3)4)23-12-11-21(34)15-25(23)36;1-19-11-13-23(25(35)14-19)33(18-37)28(17-32(3,4)5)38-31(29(33)22-8-7-9-24(34)30(22)36)26(39)16-21-12-10-20(2)15-27(21)40-6;/h6-12,14-15,28-29,31,39H,13,16H2,1-5H3;7-15,28-29,31,38H,16-17H2,1-6H3;1H4/t2*28-,29-,31-,33-;/m00./s1. The molecule has 0 bridgehead atoms. The number of ether oxygens (including phenoxy) is 2. The number of rotatable bonds is 15. The van der Waals surface area contributed by atoms with E-state index in [0.717, 1.165) is 11.6 Å². The molecule has 6 aromatic rings. The van der Waals surface area contributed by atoms with E-state index in [0.29, 0.717) is 46.6 Å². The second kappa shape index (κ2) is 26.1. The Labute approximate surface area is 500 Å². The Hall–Kier alpha value is -6.58. The summed E-state index contributed by atoms with van der Waals surface area (Å²) in [6, 6.07) is 29.3. The molecular weight excluding hydrogens is 1120 g/mol. The first-order valence-corrected chi connectivity index (χ1v) is 28.0. The first-order chi connectivity index (χ1) is 38.5. The van der Waals surface area contributed by atoms with E-state index < -0.39 is 70.1 Å². The van der Waals surface area contributed by atoms with Crippen LogP contribution in [0.4, 0.5) is 17.6 Å². The molecule has 0 amide bonds. The summed E-state index contributed by atoms with van der Waals surface area (Å²) in [6.07, 6.45) is 0.635. The molecule has 0 aliphatic carbocycles. The zero-order valence-electron chi connectivity index (χ0n) is 47.8. The normalized spacial score (nSPS) is 22.1. The third-order valence-corrected chi connectivity index (χ3v) is 16.5. The molecule has 0 saturated carbocycles. The lowest BCUT2D eigenvalue weighted by molar-refractivity contribution is -0.121. The maximum Gasteiger partial charge on any atom is 0.159 e. The number of nitriles is 2. The number of Topliss-reactive ketones (excluding diaryl/α,β-unsaturated/α-hetero) is 3.